The monoisotopic (exact) mass is 270 g/mol. The Bertz CT molecular complexity index is 470. The summed E-state index contributed by atoms with van der Waals surface area (Å²) in [7, 11) is 4.04. The van der Waals surface area contributed by atoms with Crippen molar-refractivity contribution in [3.8, 4) is 0 Å². The molecule has 2 amide bonds. The first kappa shape index (κ1) is 12.1. The fourth-order valence-corrected chi connectivity index (χ4v) is 2.37. The minimum absolute atomic E-state index is 0.147. The minimum Gasteiger partial charge on any atom is -0.341 e. The minimum atomic E-state index is -3.89. The summed E-state index contributed by atoms with van der Waals surface area (Å²) in [6, 6.07) is -0.426. The van der Waals surface area contributed by atoms with Gasteiger partial charge in [0.05, 0.1) is 0 Å². The molecule has 0 aromatic carbocycles. The number of urea groups is 1. The fourth-order valence-electron chi connectivity index (χ4n) is 0.691. The number of nitrogens with one attached hydrogen (secondary N) is 1. The summed E-state index contributed by atoms with van der Waals surface area (Å²) in [6.45, 7) is 0. The molecule has 0 radical (unpaired) electrons. The van der Waals surface area contributed by atoms with E-state index in [1.54, 1.807) is 0 Å². The SMILES string of the molecule is CNC(=O)N(C)c1nnc(S(=O)(=O)Cl)s1. The van der Waals surface area contributed by atoms with Crippen LogP contribution in [0.4, 0.5) is 9.93 Å². The lowest BCUT2D eigenvalue weighted by Crippen LogP contribution is -2.34. The molecular formula is C5H7ClN4O3S2. The van der Waals surface area contributed by atoms with Crippen LogP contribution in [-0.2, 0) is 9.05 Å². The quantitative estimate of drug-likeness (QED) is 0.614. The Morgan fingerprint density at radius 3 is 2.53 bits per heavy atom. The van der Waals surface area contributed by atoms with Crippen molar-refractivity contribution in [2.45, 2.75) is 4.34 Å². The van der Waals surface area contributed by atoms with Gasteiger partial charge in [-0.05, 0) is 0 Å². The number of rotatable bonds is 2. The maximum atomic E-state index is 11.1. The van der Waals surface area contributed by atoms with Crippen molar-refractivity contribution in [2.75, 3.05) is 19.0 Å². The molecule has 10 heteroatoms. The lowest BCUT2D eigenvalue weighted by atomic mass is 10.8. The Morgan fingerprint density at radius 2 is 2.13 bits per heavy atom. The third-order valence-corrected chi connectivity index (χ3v) is 4.32. The molecule has 15 heavy (non-hydrogen) atoms. The highest BCUT2D eigenvalue weighted by Gasteiger charge is 2.20. The molecule has 7 nitrogen and oxygen atoms in total. The largest absolute Gasteiger partial charge is 0.341 e. The van der Waals surface area contributed by atoms with Crippen molar-refractivity contribution in [3.05, 3.63) is 0 Å². The van der Waals surface area contributed by atoms with Crippen molar-refractivity contribution in [3.63, 3.8) is 0 Å². The molecule has 0 fully saturated rings. The third kappa shape index (κ3) is 2.76. The first-order chi connectivity index (χ1) is 6.86. The van der Waals surface area contributed by atoms with E-state index in [1.165, 1.54) is 14.1 Å². The van der Waals surface area contributed by atoms with E-state index in [0.717, 1.165) is 4.90 Å². The summed E-state index contributed by atoms with van der Waals surface area (Å²) in [5, 5.41) is 9.38. The smallest absolute Gasteiger partial charge is 0.323 e. The Kier molecular flexibility index (Phi) is 3.47. The molecule has 0 aliphatic carbocycles. The van der Waals surface area contributed by atoms with E-state index in [-0.39, 0.29) is 9.47 Å². The Morgan fingerprint density at radius 1 is 1.53 bits per heavy atom. The molecule has 0 saturated heterocycles. The van der Waals surface area contributed by atoms with Crippen molar-refractivity contribution < 1.29 is 13.2 Å². The highest BCUT2D eigenvalue weighted by molar-refractivity contribution is 8.15. The summed E-state index contributed by atoms with van der Waals surface area (Å²) < 4.78 is 21.4. The molecule has 0 unspecified atom stereocenters. The van der Waals surface area contributed by atoms with Crippen molar-refractivity contribution >= 4 is 42.2 Å². The molecule has 0 saturated carbocycles. The molecule has 1 aromatic rings. The molecule has 1 rings (SSSR count). The molecule has 0 aliphatic heterocycles. The van der Waals surface area contributed by atoms with E-state index in [0.29, 0.717) is 11.3 Å². The average Bonchev–Trinajstić information content (AvgIpc) is 2.63. The highest BCUT2D eigenvalue weighted by Crippen LogP contribution is 2.24. The van der Waals surface area contributed by atoms with Gasteiger partial charge in [-0.25, -0.2) is 13.2 Å². The van der Waals surface area contributed by atoms with Gasteiger partial charge in [0.1, 0.15) is 0 Å². The van der Waals surface area contributed by atoms with Crippen LogP contribution in [0.5, 0.6) is 0 Å². The second-order valence-electron chi connectivity index (χ2n) is 2.40. The molecule has 1 N–H and O–H groups in total. The van der Waals surface area contributed by atoms with Crippen LogP contribution in [0.2, 0.25) is 0 Å². The van der Waals surface area contributed by atoms with E-state index >= 15 is 0 Å². The normalized spacial score (nSPS) is 11.1. The predicted octanol–water partition coefficient (Wildman–Crippen LogP) is 0.241. The molecule has 84 valence electrons. The zero-order valence-corrected chi connectivity index (χ0v) is 10.1. The summed E-state index contributed by atoms with van der Waals surface area (Å²) in [6.07, 6.45) is 0. The Hall–Kier alpha value is -0.930. The van der Waals surface area contributed by atoms with Crippen molar-refractivity contribution in [2.24, 2.45) is 0 Å². The van der Waals surface area contributed by atoms with Gasteiger partial charge in [-0.2, -0.15) is 0 Å². The van der Waals surface area contributed by atoms with Gasteiger partial charge >= 0.3 is 6.03 Å². The second kappa shape index (κ2) is 4.29. The highest BCUT2D eigenvalue weighted by atomic mass is 35.7. The number of carbonyl (C=O) groups excluding carboxylic acids is 1. The van der Waals surface area contributed by atoms with E-state index in [9.17, 15) is 13.2 Å². The number of halogens is 1. The topological polar surface area (TPSA) is 92.3 Å². The van der Waals surface area contributed by atoms with Crippen LogP contribution < -0.4 is 10.2 Å². The van der Waals surface area contributed by atoms with Crippen LogP contribution in [0.25, 0.3) is 0 Å². The van der Waals surface area contributed by atoms with E-state index in [4.69, 9.17) is 10.7 Å². The number of amides is 2. The maximum Gasteiger partial charge on any atom is 0.323 e. The number of anilines is 1. The van der Waals surface area contributed by atoms with Gasteiger partial charge in [-0.3, -0.25) is 4.90 Å². The molecular weight excluding hydrogens is 264 g/mol. The fraction of sp³-hybridized carbons (Fsp3) is 0.400. The van der Waals surface area contributed by atoms with Crippen LogP contribution in [-0.4, -0.2) is 38.7 Å². The number of carbonyl (C=O) groups is 1. The molecule has 1 heterocycles. The average molecular weight is 271 g/mol. The predicted molar refractivity (Wildman–Crippen MR) is 55.8 cm³/mol. The van der Waals surface area contributed by atoms with Gasteiger partial charge in [-0.1, -0.05) is 11.3 Å². The van der Waals surface area contributed by atoms with E-state index in [2.05, 4.69) is 15.5 Å². The Labute approximate surface area is 94.5 Å². The van der Waals surface area contributed by atoms with Crippen molar-refractivity contribution in [1.82, 2.24) is 15.5 Å². The number of hydrogen-bond donors (Lipinski definition) is 1. The summed E-state index contributed by atoms with van der Waals surface area (Å²) >= 11 is 0.715. The number of nitrogens with zero attached hydrogens (tertiary/aromatic N) is 3. The van der Waals surface area contributed by atoms with Crippen LogP contribution in [0.15, 0.2) is 4.34 Å². The first-order valence-corrected chi connectivity index (χ1v) is 6.72. The van der Waals surface area contributed by atoms with Gasteiger partial charge in [0.25, 0.3) is 9.05 Å². The molecule has 0 bridgehead atoms. The van der Waals surface area contributed by atoms with Gasteiger partial charge in [0, 0.05) is 24.8 Å². The third-order valence-electron chi connectivity index (χ3n) is 1.41. The standard InChI is InChI=1S/C5H7ClN4O3S2/c1-7-3(11)10(2)4-8-9-5(14-4)15(6,12)13/h1-2H3,(H,7,11). The van der Waals surface area contributed by atoms with Crippen LogP contribution in [0.3, 0.4) is 0 Å². The van der Waals surface area contributed by atoms with Crippen LogP contribution in [0.1, 0.15) is 0 Å². The van der Waals surface area contributed by atoms with Crippen LogP contribution >= 0.6 is 22.0 Å². The molecule has 0 spiro atoms. The molecule has 0 aliphatic rings. The summed E-state index contributed by atoms with van der Waals surface area (Å²) in [5.41, 5.74) is 0. The number of aromatic nitrogens is 2. The van der Waals surface area contributed by atoms with E-state index < -0.39 is 15.1 Å². The lowest BCUT2D eigenvalue weighted by Gasteiger charge is -2.10. The number of hydrogen-bond acceptors (Lipinski definition) is 6. The zero-order chi connectivity index (χ0) is 11.6. The lowest BCUT2D eigenvalue weighted by molar-refractivity contribution is 0.249. The first-order valence-electron chi connectivity index (χ1n) is 3.60. The van der Waals surface area contributed by atoms with Gasteiger partial charge in [-0.15, -0.1) is 10.2 Å². The second-order valence-corrected chi connectivity index (χ2v) is 6.10. The molecule has 1 aromatic heterocycles. The summed E-state index contributed by atoms with van der Waals surface area (Å²) in [4.78, 5) is 12.3. The van der Waals surface area contributed by atoms with Gasteiger partial charge in [0.2, 0.25) is 9.47 Å². The molecule has 0 atom stereocenters. The van der Waals surface area contributed by atoms with Crippen LogP contribution in [0, 0.1) is 0 Å². The van der Waals surface area contributed by atoms with Gasteiger partial charge in [0.15, 0.2) is 0 Å². The van der Waals surface area contributed by atoms with E-state index in [1.807, 2.05) is 0 Å². The Balaban J connectivity index is 3.00. The zero-order valence-electron chi connectivity index (χ0n) is 7.76. The van der Waals surface area contributed by atoms with Gasteiger partial charge < -0.3 is 5.32 Å². The summed E-state index contributed by atoms with van der Waals surface area (Å²) in [5.74, 6) is 0. The maximum absolute atomic E-state index is 11.1. The van der Waals surface area contributed by atoms with Crippen molar-refractivity contribution in [1.29, 1.82) is 0 Å².